The van der Waals surface area contributed by atoms with Crippen molar-refractivity contribution in [3.05, 3.63) is 69.4 Å². The number of amides is 3. The highest BCUT2D eigenvalue weighted by Gasteiger charge is 2.33. The van der Waals surface area contributed by atoms with E-state index in [2.05, 4.69) is 20.8 Å². The molecule has 1 saturated heterocycles. The largest absolute Gasteiger partial charge is 0.322 e. The molecular formula is C20H17ClFN5O2S. The summed E-state index contributed by atoms with van der Waals surface area (Å²) in [4.78, 5) is 26.8. The van der Waals surface area contributed by atoms with E-state index >= 15 is 0 Å². The molecule has 1 aliphatic heterocycles. The van der Waals surface area contributed by atoms with E-state index in [9.17, 15) is 14.0 Å². The molecule has 3 amide bonds. The van der Waals surface area contributed by atoms with Crippen LogP contribution in [-0.4, -0.2) is 33.6 Å². The molecule has 2 aromatic carbocycles. The highest BCUT2D eigenvalue weighted by Crippen LogP contribution is 2.34. The van der Waals surface area contributed by atoms with Gasteiger partial charge in [-0.3, -0.25) is 4.79 Å². The van der Waals surface area contributed by atoms with Gasteiger partial charge in [-0.05, 0) is 37.1 Å². The van der Waals surface area contributed by atoms with Gasteiger partial charge in [0.25, 0.3) is 5.91 Å². The lowest BCUT2D eigenvalue weighted by Crippen LogP contribution is -2.34. The number of carbonyl (C=O) groups excluding carboxylic acids is 2. The number of halogens is 2. The van der Waals surface area contributed by atoms with E-state index in [4.69, 9.17) is 11.6 Å². The van der Waals surface area contributed by atoms with Gasteiger partial charge in [0.05, 0.1) is 22.4 Å². The predicted octanol–water partition coefficient (Wildman–Crippen LogP) is 4.95. The monoisotopic (exact) mass is 445 g/mol. The summed E-state index contributed by atoms with van der Waals surface area (Å²) in [6.07, 6.45) is 1.51. The SMILES string of the molecule is O=C(Nc1ccccc1F)c1nnc(C2CCCN2C(=O)Nc2ccccc2Cl)s1. The summed E-state index contributed by atoms with van der Waals surface area (Å²) >= 11 is 7.21. The lowest BCUT2D eigenvalue weighted by atomic mass is 10.2. The van der Waals surface area contributed by atoms with Crippen LogP contribution in [0.4, 0.5) is 20.6 Å². The molecule has 0 spiro atoms. The Kier molecular flexibility index (Phi) is 5.91. The number of nitrogens with one attached hydrogen (secondary N) is 2. The summed E-state index contributed by atoms with van der Waals surface area (Å²) < 4.78 is 13.8. The van der Waals surface area contributed by atoms with E-state index in [0.717, 1.165) is 17.8 Å². The maximum absolute atomic E-state index is 13.8. The molecule has 7 nitrogen and oxygen atoms in total. The topological polar surface area (TPSA) is 87.2 Å². The van der Waals surface area contributed by atoms with Crippen molar-refractivity contribution in [3.63, 3.8) is 0 Å². The lowest BCUT2D eigenvalue weighted by Gasteiger charge is -2.23. The van der Waals surface area contributed by atoms with Crippen LogP contribution in [0.5, 0.6) is 0 Å². The molecule has 4 rings (SSSR count). The molecule has 154 valence electrons. The summed E-state index contributed by atoms with van der Waals surface area (Å²) in [5, 5.41) is 14.4. The number of benzene rings is 2. The normalized spacial score (nSPS) is 15.8. The van der Waals surface area contributed by atoms with Crippen molar-refractivity contribution in [1.29, 1.82) is 0 Å². The van der Waals surface area contributed by atoms with Crippen molar-refractivity contribution in [2.45, 2.75) is 18.9 Å². The Morgan fingerprint density at radius 2 is 1.80 bits per heavy atom. The molecule has 1 atom stereocenters. The Balaban J connectivity index is 1.47. The summed E-state index contributed by atoms with van der Waals surface area (Å²) in [6.45, 7) is 0.553. The van der Waals surface area contributed by atoms with Gasteiger partial charge in [0, 0.05) is 6.54 Å². The average molecular weight is 446 g/mol. The van der Waals surface area contributed by atoms with Crippen LogP contribution >= 0.6 is 22.9 Å². The van der Waals surface area contributed by atoms with Crippen molar-refractivity contribution in [2.75, 3.05) is 17.2 Å². The van der Waals surface area contributed by atoms with Gasteiger partial charge in [0.2, 0.25) is 5.01 Å². The molecule has 1 aliphatic rings. The zero-order valence-corrected chi connectivity index (χ0v) is 17.2. The number of nitrogens with zero attached hydrogens (tertiary/aromatic N) is 3. The molecule has 0 aliphatic carbocycles. The van der Waals surface area contributed by atoms with Gasteiger partial charge in [-0.25, -0.2) is 9.18 Å². The molecule has 2 N–H and O–H groups in total. The summed E-state index contributed by atoms with van der Waals surface area (Å²) in [5.41, 5.74) is 0.595. The molecule has 30 heavy (non-hydrogen) atoms. The van der Waals surface area contributed by atoms with E-state index in [0.29, 0.717) is 28.7 Å². The quantitative estimate of drug-likeness (QED) is 0.594. The van der Waals surface area contributed by atoms with Crippen molar-refractivity contribution in [3.8, 4) is 0 Å². The van der Waals surface area contributed by atoms with E-state index in [1.165, 1.54) is 18.2 Å². The van der Waals surface area contributed by atoms with Gasteiger partial charge in [0.1, 0.15) is 10.8 Å². The van der Waals surface area contributed by atoms with Crippen LogP contribution in [0, 0.1) is 5.82 Å². The van der Waals surface area contributed by atoms with Crippen molar-refractivity contribution >= 4 is 46.3 Å². The Bertz CT molecular complexity index is 1090. The summed E-state index contributed by atoms with van der Waals surface area (Å²) in [7, 11) is 0. The molecule has 1 fully saturated rings. The fourth-order valence-electron chi connectivity index (χ4n) is 3.22. The standard InChI is InChI=1S/C20H17ClFN5O2S/c21-12-6-1-3-8-14(12)24-20(29)27-11-5-10-16(27)18-25-26-19(30-18)17(28)23-15-9-4-2-7-13(15)22/h1-4,6-9,16H,5,10-11H2,(H,23,28)(H,24,29). The van der Waals surface area contributed by atoms with Crippen molar-refractivity contribution < 1.29 is 14.0 Å². The summed E-state index contributed by atoms with van der Waals surface area (Å²) in [6, 6.07) is 12.3. The average Bonchev–Trinajstić information content (AvgIpc) is 3.40. The van der Waals surface area contributed by atoms with E-state index in [1.807, 2.05) is 0 Å². The van der Waals surface area contributed by atoms with E-state index < -0.39 is 11.7 Å². The molecule has 2 heterocycles. The fraction of sp³-hybridized carbons (Fsp3) is 0.200. The minimum Gasteiger partial charge on any atom is -0.317 e. The molecule has 0 radical (unpaired) electrons. The zero-order valence-electron chi connectivity index (χ0n) is 15.6. The first-order chi connectivity index (χ1) is 14.5. The molecule has 10 heteroatoms. The number of aromatic nitrogens is 2. The Morgan fingerprint density at radius 3 is 2.57 bits per heavy atom. The number of likely N-dealkylation sites (tertiary alicyclic amines) is 1. The van der Waals surface area contributed by atoms with Crippen LogP contribution in [0.25, 0.3) is 0 Å². The lowest BCUT2D eigenvalue weighted by molar-refractivity contribution is 0.102. The second-order valence-corrected chi connectivity index (χ2v) is 8.06. The minimum absolute atomic E-state index is 0.0702. The molecule has 0 bridgehead atoms. The smallest absolute Gasteiger partial charge is 0.317 e. The third-order valence-corrected chi connectivity index (χ3v) is 6.02. The van der Waals surface area contributed by atoms with Gasteiger partial charge in [0.15, 0.2) is 0 Å². The predicted molar refractivity (Wildman–Crippen MR) is 113 cm³/mol. The fourth-order valence-corrected chi connectivity index (χ4v) is 4.28. The molecule has 1 aromatic heterocycles. The Labute approximate surface area is 180 Å². The third kappa shape index (κ3) is 4.27. The number of hydrogen-bond acceptors (Lipinski definition) is 5. The minimum atomic E-state index is -0.547. The van der Waals surface area contributed by atoms with Gasteiger partial charge in [-0.15, -0.1) is 10.2 Å². The third-order valence-electron chi connectivity index (χ3n) is 4.67. The van der Waals surface area contributed by atoms with Crippen LogP contribution in [0.1, 0.15) is 33.7 Å². The van der Waals surface area contributed by atoms with E-state index in [1.54, 1.807) is 35.2 Å². The first-order valence-electron chi connectivity index (χ1n) is 9.24. The Morgan fingerprint density at radius 1 is 1.07 bits per heavy atom. The number of para-hydroxylation sites is 2. The van der Waals surface area contributed by atoms with Gasteiger partial charge >= 0.3 is 6.03 Å². The first kappa shape index (κ1) is 20.2. The number of urea groups is 1. The number of rotatable bonds is 4. The van der Waals surface area contributed by atoms with Crippen LogP contribution in [0.2, 0.25) is 5.02 Å². The molecule has 0 saturated carbocycles. The number of hydrogen-bond donors (Lipinski definition) is 2. The van der Waals surface area contributed by atoms with Crippen LogP contribution < -0.4 is 10.6 Å². The number of anilines is 2. The van der Waals surface area contributed by atoms with E-state index in [-0.39, 0.29) is 22.8 Å². The van der Waals surface area contributed by atoms with Gasteiger partial charge in [-0.1, -0.05) is 47.2 Å². The van der Waals surface area contributed by atoms with Gasteiger partial charge in [-0.2, -0.15) is 0 Å². The van der Waals surface area contributed by atoms with Crippen LogP contribution in [0.3, 0.4) is 0 Å². The highest BCUT2D eigenvalue weighted by atomic mass is 35.5. The second-order valence-electron chi connectivity index (χ2n) is 6.64. The van der Waals surface area contributed by atoms with Gasteiger partial charge < -0.3 is 15.5 Å². The highest BCUT2D eigenvalue weighted by molar-refractivity contribution is 7.13. The maximum atomic E-state index is 13.8. The van der Waals surface area contributed by atoms with Crippen LogP contribution in [0.15, 0.2) is 48.5 Å². The zero-order chi connectivity index (χ0) is 21.1. The van der Waals surface area contributed by atoms with Crippen molar-refractivity contribution in [1.82, 2.24) is 15.1 Å². The summed E-state index contributed by atoms with van der Waals surface area (Å²) in [5.74, 6) is -1.08. The molecular weight excluding hydrogens is 429 g/mol. The van der Waals surface area contributed by atoms with Crippen LogP contribution in [-0.2, 0) is 0 Å². The maximum Gasteiger partial charge on any atom is 0.322 e. The number of carbonyl (C=O) groups is 2. The molecule has 3 aromatic rings. The first-order valence-corrected chi connectivity index (χ1v) is 10.4. The van der Waals surface area contributed by atoms with Crippen molar-refractivity contribution in [2.24, 2.45) is 0 Å². The molecule has 1 unspecified atom stereocenters. The Hall–Kier alpha value is -3.04. The second kappa shape index (κ2) is 8.76.